The van der Waals surface area contributed by atoms with Gasteiger partial charge in [0.15, 0.2) is 0 Å². The summed E-state index contributed by atoms with van der Waals surface area (Å²) in [6, 6.07) is 0. The molecule has 0 spiro atoms. The molecule has 0 aromatic heterocycles. The van der Waals surface area contributed by atoms with Crippen LogP contribution < -0.4 is 10.6 Å². The van der Waals surface area contributed by atoms with Crippen LogP contribution in [0.3, 0.4) is 0 Å². The number of hydrogen-bond acceptors (Lipinski definition) is 2. The zero-order chi connectivity index (χ0) is 15.1. The summed E-state index contributed by atoms with van der Waals surface area (Å²) in [6.07, 6.45) is 2.10. The zero-order valence-electron chi connectivity index (χ0n) is 9.62. The smallest absolute Gasteiger partial charge is 0.272 e. The molecule has 112 valence electrons. The van der Waals surface area contributed by atoms with E-state index >= 15 is 0 Å². The Hall–Kier alpha value is 0.680. The number of rotatable bonds is 6. The van der Waals surface area contributed by atoms with Gasteiger partial charge in [0.05, 0.1) is 0 Å². The van der Waals surface area contributed by atoms with Crippen LogP contribution in [-0.4, -0.2) is 32.5 Å². The summed E-state index contributed by atoms with van der Waals surface area (Å²) in [6.45, 7) is 0.760. The topological polar surface area (TPSA) is 58.2 Å². The first kappa shape index (κ1) is 19.7. The molecule has 0 saturated carbocycles. The van der Waals surface area contributed by atoms with Gasteiger partial charge in [-0.15, -0.1) is 0 Å². The molecule has 0 rings (SSSR count). The number of amides is 2. The molecule has 0 heterocycles. The van der Waals surface area contributed by atoms with E-state index in [2.05, 4.69) is 10.6 Å². The van der Waals surface area contributed by atoms with Gasteiger partial charge >= 0.3 is 0 Å². The highest BCUT2D eigenvalue weighted by Crippen LogP contribution is 2.26. The SMILES string of the molecule is O=C(NCCCCCNC(=O)C(Cl)(Cl)Cl)C(Cl)(Cl)Cl. The summed E-state index contributed by atoms with van der Waals surface area (Å²) in [4.78, 5) is 22.3. The van der Waals surface area contributed by atoms with E-state index in [4.69, 9.17) is 69.6 Å². The Kier molecular flexibility index (Phi) is 9.17. The van der Waals surface area contributed by atoms with Gasteiger partial charge in [0.2, 0.25) is 0 Å². The first-order chi connectivity index (χ1) is 8.55. The molecule has 0 aromatic rings. The van der Waals surface area contributed by atoms with Crippen molar-refractivity contribution in [1.29, 1.82) is 0 Å². The van der Waals surface area contributed by atoms with Gasteiger partial charge in [-0.3, -0.25) is 9.59 Å². The molecular weight excluding hydrogens is 381 g/mol. The van der Waals surface area contributed by atoms with Crippen molar-refractivity contribution < 1.29 is 9.59 Å². The minimum atomic E-state index is -1.95. The van der Waals surface area contributed by atoms with Crippen LogP contribution in [0.5, 0.6) is 0 Å². The molecule has 0 unspecified atom stereocenters. The Bertz CT molecular complexity index is 283. The van der Waals surface area contributed by atoms with Crippen molar-refractivity contribution in [2.45, 2.75) is 26.8 Å². The van der Waals surface area contributed by atoms with Crippen LogP contribution in [0.25, 0.3) is 0 Å². The Morgan fingerprint density at radius 2 is 1.00 bits per heavy atom. The van der Waals surface area contributed by atoms with E-state index in [-0.39, 0.29) is 0 Å². The van der Waals surface area contributed by atoms with Crippen LogP contribution in [0.2, 0.25) is 0 Å². The number of unbranched alkanes of at least 4 members (excludes halogenated alkanes) is 2. The highest BCUT2D eigenvalue weighted by Gasteiger charge is 2.30. The van der Waals surface area contributed by atoms with Gasteiger partial charge in [0.1, 0.15) is 0 Å². The molecule has 0 fully saturated rings. The molecule has 0 aliphatic carbocycles. The average Bonchev–Trinajstić information content (AvgIpc) is 2.24. The Morgan fingerprint density at radius 3 is 1.26 bits per heavy atom. The van der Waals surface area contributed by atoms with E-state index in [1.165, 1.54) is 0 Å². The van der Waals surface area contributed by atoms with Crippen molar-refractivity contribution in [2.75, 3.05) is 13.1 Å². The number of alkyl halides is 6. The average molecular weight is 393 g/mol. The van der Waals surface area contributed by atoms with Crippen LogP contribution in [0.1, 0.15) is 19.3 Å². The van der Waals surface area contributed by atoms with Crippen molar-refractivity contribution in [3.8, 4) is 0 Å². The number of hydrogen-bond donors (Lipinski definition) is 2. The third-order valence-electron chi connectivity index (χ3n) is 1.94. The number of carbonyl (C=O) groups is 2. The second-order valence-corrected chi connectivity index (χ2v) is 8.13. The molecule has 0 aliphatic heterocycles. The molecule has 0 aliphatic rings. The van der Waals surface area contributed by atoms with Crippen LogP contribution in [0.15, 0.2) is 0 Å². The Morgan fingerprint density at radius 1 is 0.684 bits per heavy atom. The van der Waals surface area contributed by atoms with Gasteiger partial charge < -0.3 is 10.6 Å². The molecule has 2 amide bonds. The van der Waals surface area contributed by atoms with Gasteiger partial charge in [-0.2, -0.15) is 0 Å². The van der Waals surface area contributed by atoms with E-state index in [1.807, 2.05) is 0 Å². The second kappa shape index (κ2) is 8.85. The molecule has 0 bridgehead atoms. The van der Waals surface area contributed by atoms with Gasteiger partial charge in [-0.1, -0.05) is 69.6 Å². The lowest BCUT2D eigenvalue weighted by molar-refractivity contribution is -0.120. The first-order valence-electron chi connectivity index (χ1n) is 5.25. The summed E-state index contributed by atoms with van der Waals surface area (Å²) in [5.74, 6) is -1.33. The summed E-state index contributed by atoms with van der Waals surface area (Å²) in [5, 5.41) is 4.92. The van der Waals surface area contributed by atoms with Crippen molar-refractivity contribution in [3.63, 3.8) is 0 Å². The summed E-state index contributed by atoms with van der Waals surface area (Å²) in [5.41, 5.74) is 0. The molecule has 4 nitrogen and oxygen atoms in total. The molecule has 19 heavy (non-hydrogen) atoms. The quantitative estimate of drug-likeness (QED) is 0.539. The highest BCUT2D eigenvalue weighted by atomic mass is 35.6. The van der Waals surface area contributed by atoms with Crippen LogP contribution >= 0.6 is 69.6 Å². The number of nitrogens with one attached hydrogen (secondary N) is 2. The van der Waals surface area contributed by atoms with E-state index in [0.717, 1.165) is 6.42 Å². The van der Waals surface area contributed by atoms with Gasteiger partial charge in [0, 0.05) is 13.1 Å². The molecule has 2 N–H and O–H groups in total. The third kappa shape index (κ3) is 10.1. The molecule has 10 heteroatoms. The van der Waals surface area contributed by atoms with E-state index < -0.39 is 19.4 Å². The first-order valence-corrected chi connectivity index (χ1v) is 7.52. The van der Waals surface area contributed by atoms with Crippen LogP contribution in [0, 0.1) is 0 Å². The lowest BCUT2D eigenvalue weighted by atomic mass is 10.2. The molecular formula is C9H12Cl6N2O2. The maximum atomic E-state index is 11.1. The van der Waals surface area contributed by atoms with E-state index in [9.17, 15) is 9.59 Å². The van der Waals surface area contributed by atoms with Gasteiger partial charge in [-0.05, 0) is 19.3 Å². The minimum Gasteiger partial charge on any atom is -0.352 e. The number of carbonyl (C=O) groups excluding carboxylic acids is 2. The summed E-state index contributed by atoms with van der Waals surface area (Å²) < 4.78 is -3.89. The normalized spacial score (nSPS) is 12.1. The highest BCUT2D eigenvalue weighted by molar-refractivity contribution is 6.76. The predicted octanol–water partition coefficient (Wildman–Crippen LogP) is 3.13. The summed E-state index contributed by atoms with van der Waals surface area (Å²) in [7, 11) is 0. The fourth-order valence-electron chi connectivity index (χ4n) is 1.03. The fraction of sp³-hybridized carbons (Fsp3) is 0.778. The summed E-state index contributed by atoms with van der Waals surface area (Å²) >= 11 is 32.1. The molecule has 0 radical (unpaired) electrons. The monoisotopic (exact) mass is 390 g/mol. The predicted molar refractivity (Wildman–Crippen MR) is 80.5 cm³/mol. The second-order valence-electron chi connectivity index (χ2n) is 3.57. The van der Waals surface area contributed by atoms with Crippen molar-refractivity contribution >= 4 is 81.4 Å². The fourth-order valence-corrected chi connectivity index (χ4v) is 1.43. The van der Waals surface area contributed by atoms with Gasteiger partial charge in [-0.25, -0.2) is 0 Å². The maximum Gasteiger partial charge on any atom is 0.272 e. The minimum absolute atomic E-state index is 0.380. The van der Waals surface area contributed by atoms with E-state index in [0.29, 0.717) is 25.9 Å². The van der Waals surface area contributed by atoms with Crippen molar-refractivity contribution in [1.82, 2.24) is 10.6 Å². The van der Waals surface area contributed by atoms with Crippen LogP contribution in [-0.2, 0) is 9.59 Å². The van der Waals surface area contributed by atoms with Crippen LogP contribution in [0.4, 0.5) is 0 Å². The Labute approximate surface area is 141 Å². The van der Waals surface area contributed by atoms with Crippen molar-refractivity contribution in [2.24, 2.45) is 0 Å². The lowest BCUT2D eigenvalue weighted by Gasteiger charge is -2.12. The number of halogens is 6. The van der Waals surface area contributed by atoms with Gasteiger partial charge in [0.25, 0.3) is 19.4 Å². The maximum absolute atomic E-state index is 11.1. The molecule has 0 atom stereocenters. The lowest BCUT2D eigenvalue weighted by Crippen LogP contribution is -2.35. The largest absolute Gasteiger partial charge is 0.352 e. The Balaban J connectivity index is 3.53. The van der Waals surface area contributed by atoms with E-state index in [1.54, 1.807) is 0 Å². The third-order valence-corrected chi connectivity index (χ3v) is 2.97. The molecule has 0 saturated heterocycles. The standard InChI is InChI=1S/C9H12Cl6N2O2/c10-8(11,12)6(18)16-4-2-1-3-5-17-7(19)9(13,14)15/h1-5H2,(H,16,18)(H,17,19). The zero-order valence-corrected chi connectivity index (χ0v) is 14.2. The van der Waals surface area contributed by atoms with Crippen molar-refractivity contribution in [3.05, 3.63) is 0 Å². The molecule has 0 aromatic carbocycles.